The summed E-state index contributed by atoms with van der Waals surface area (Å²) in [5, 5.41) is 11.9. The SMILES string of the molecule is O=C(Nc1ccc(-c2ccc(Br)cc2)cc1)C1CCCN1C(=O)O. The summed E-state index contributed by atoms with van der Waals surface area (Å²) >= 11 is 3.41. The maximum Gasteiger partial charge on any atom is 0.407 e. The molecule has 124 valence electrons. The Bertz CT molecular complexity index is 744. The van der Waals surface area contributed by atoms with E-state index in [1.807, 2.05) is 48.5 Å². The molecule has 1 atom stereocenters. The summed E-state index contributed by atoms with van der Waals surface area (Å²) in [4.78, 5) is 24.6. The first kappa shape index (κ1) is 16.5. The maximum atomic E-state index is 12.3. The van der Waals surface area contributed by atoms with Crippen LogP contribution in [0.4, 0.5) is 10.5 Å². The Balaban J connectivity index is 1.69. The van der Waals surface area contributed by atoms with E-state index in [1.165, 1.54) is 4.90 Å². The second-order valence-electron chi connectivity index (χ2n) is 5.71. The number of hydrogen-bond acceptors (Lipinski definition) is 2. The van der Waals surface area contributed by atoms with Crippen LogP contribution < -0.4 is 5.32 Å². The van der Waals surface area contributed by atoms with Gasteiger partial charge < -0.3 is 10.4 Å². The summed E-state index contributed by atoms with van der Waals surface area (Å²) in [6, 6.07) is 14.9. The minimum atomic E-state index is -1.04. The van der Waals surface area contributed by atoms with Gasteiger partial charge in [-0.1, -0.05) is 40.2 Å². The van der Waals surface area contributed by atoms with Gasteiger partial charge in [0.15, 0.2) is 0 Å². The highest BCUT2D eigenvalue weighted by Gasteiger charge is 2.33. The van der Waals surface area contributed by atoms with E-state index in [2.05, 4.69) is 21.2 Å². The number of amides is 2. The topological polar surface area (TPSA) is 69.6 Å². The van der Waals surface area contributed by atoms with Gasteiger partial charge in [-0.15, -0.1) is 0 Å². The van der Waals surface area contributed by atoms with Crippen molar-refractivity contribution < 1.29 is 14.7 Å². The molecule has 0 radical (unpaired) electrons. The Kier molecular flexibility index (Phi) is 4.85. The minimum Gasteiger partial charge on any atom is -0.465 e. The molecular formula is C18H17BrN2O3. The minimum absolute atomic E-state index is 0.272. The molecule has 5 nitrogen and oxygen atoms in total. The number of hydrogen-bond donors (Lipinski definition) is 2. The van der Waals surface area contributed by atoms with Crippen molar-refractivity contribution in [1.29, 1.82) is 0 Å². The fraction of sp³-hybridized carbons (Fsp3) is 0.222. The van der Waals surface area contributed by atoms with E-state index >= 15 is 0 Å². The maximum absolute atomic E-state index is 12.3. The van der Waals surface area contributed by atoms with Crippen molar-refractivity contribution >= 4 is 33.6 Å². The summed E-state index contributed by atoms with van der Waals surface area (Å²) in [5.41, 5.74) is 2.80. The second kappa shape index (κ2) is 7.05. The molecule has 2 amide bonds. The lowest BCUT2D eigenvalue weighted by Gasteiger charge is -2.20. The third kappa shape index (κ3) is 3.59. The standard InChI is InChI=1S/C18H17BrN2O3/c19-14-7-3-12(4-8-14)13-5-9-15(10-6-13)20-17(22)16-2-1-11-21(16)18(23)24/h3-10,16H,1-2,11H2,(H,20,22)(H,23,24). The van der Waals surface area contributed by atoms with Gasteiger partial charge in [-0.2, -0.15) is 0 Å². The zero-order valence-electron chi connectivity index (χ0n) is 12.9. The largest absolute Gasteiger partial charge is 0.465 e. The molecule has 2 aromatic rings. The first-order valence-electron chi connectivity index (χ1n) is 7.71. The van der Waals surface area contributed by atoms with Crippen LogP contribution in [-0.4, -0.2) is 34.6 Å². The molecule has 0 aromatic heterocycles. The Morgan fingerprint density at radius 1 is 1.04 bits per heavy atom. The molecule has 24 heavy (non-hydrogen) atoms. The Morgan fingerprint density at radius 2 is 1.62 bits per heavy atom. The average molecular weight is 389 g/mol. The fourth-order valence-corrected chi connectivity index (χ4v) is 3.15. The molecule has 1 saturated heterocycles. The van der Waals surface area contributed by atoms with Crippen LogP contribution in [-0.2, 0) is 4.79 Å². The first-order valence-corrected chi connectivity index (χ1v) is 8.50. The Labute approximate surface area is 148 Å². The number of benzene rings is 2. The van der Waals surface area contributed by atoms with Crippen LogP contribution in [0.5, 0.6) is 0 Å². The quantitative estimate of drug-likeness (QED) is 0.827. The monoisotopic (exact) mass is 388 g/mol. The van der Waals surface area contributed by atoms with E-state index in [0.717, 1.165) is 15.6 Å². The van der Waals surface area contributed by atoms with Crippen LogP contribution >= 0.6 is 15.9 Å². The Morgan fingerprint density at radius 3 is 2.21 bits per heavy atom. The molecule has 0 bridgehead atoms. The van der Waals surface area contributed by atoms with Crippen molar-refractivity contribution in [3.05, 3.63) is 53.0 Å². The predicted molar refractivity (Wildman–Crippen MR) is 96.0 cm³/mol. The van der Waals surface area contributed by atoms with E-state index in [0.29, 0.717) is 25.1 Å². The van der Waals surface area contributed by atoms with Gasteiger partial charge in [-0.3, -0.25) is 9.69 Å². The molecule has 0 saturated carbocycles. The highest BCUT2D eigenvalue weighted by Crippen LogP contribution is 2.24. The highest BCUT2D eigenvalue weighted by atomic mass is 79.9. The van der Waals surface area contributed by atoms with Crippen LogP contribution in [0.3, 0.4) is 0 Å². The molecule has 1 heterocycles. The van der Waals surface area contributed by atoms with Crippen LogP contribution in [0.25, 0.3) is 11.1 Å². The van der Waals surface area contributed by atoms with E-state index in [-0.39, 0.29) is 5.91 Å². The van der Waals surface area contributed by atoms with Crippen molar-refractivity contribution in [3.8, 4) is 11.1 Å². The van der Waals surface area contributed by atoms with Crippen LogP contribution in [0.1, 0.15) is 12.8 Å². The number of nitrogens with one attached hydrogen (secondary N) is 1. The van der Waals surface area contributed by atoms with E-state index in [4.69, 9.17) is 5.11 Å². The molecule has 1 fully saturated rings. The molecule has 1 aliphatic heterocycles. The van der Waals surface area contributed by atoms with E-state index in [1.54, 1.807) is 0 Å². The third-order valence-electron chi connectivity index (χ3n) is 4.13. The lowest BCUT2D eigenvalue weighted by Crippen LogP contribution is -2.42. The molecule has 1 unspecified atom stereocenters. The number of nitrogens with zero attached hydrogens (tertiary/aromatic N) is 1. The summed E-state index contributed by atoms with van der Waals surface area (Å²) in [6.07, 6.45) is 0.236. The average Bonchev–Trinajstić information content (AvgIpc) is 3.06. The zero-order valence-corrected chi connectivity index (χ0v) is 14.5. The summed E-state index contributed by atoms with van der Waals surface area (Å²) in [5.74, 6) is -0.272. The van der Waals surface area contributed by atoms with Crippen LogP contribution in [0.2, 0.25) is 0 Å². The molecule has 0 aliphatic carbocycles. The Hall–Kier alpha value is -2.34. The van der Waals surface area contributed by atoms with Crippen molar-refractivity contribution in [2.24, 2.45) is 0 Å². The van der Waals surface area contributed by atoms with Crippen molar-refractivity contribution in [2.45, 2.75) is 18.9 Å². The molecular weight excluding hydrogens is 372 g/mol. The zero-order chi connectivity index (χ0) is 17.1. The number of likely N-dealkylation sites (tertiary alicyclic amines) is 1. The molecule has 2 N–H and O–H groups in total. The number of carbonyl (C=O) groups is 2. The fourth-order valence-electron chi connectivity index (χ4n) is 2.88. The lowest BCUT2D eigenvalue weighted by atomic mass is 10.1. The van der Waals surface area contributed by atoms with Gasteiger partial charge in [0, 0.05) is 16.7 Å². The van der Waals surface area contributed by atoms with Crippen LogP contribution in [0, 0.1) is 0 Å². The predicted octanol–water partition coefficient (Wildman–Crippen LogP) is 4.20. The van der Waals surface area contributed by atoms with Crippen molar-refractivity contribution in [1.82, 2.24) is 4.90 Å². The smallest absolute Gasteiger partial charge is 0.407 e. The number of anilines is 1. The van der Waals surface area contributed by atoms with Gasteiger partial charge in [-0.05, 0) is 48.2 Å². The van der Waals surface area contributed by atoms with Gasteiger partial charge in [0.25, 0.3) is 0 Å². The normalized spacial score (nSPS) is 16.9. The number of rotatable bonds is 3. The number of carbonyl (C=O) groups excluding carboxylic acids is 1. The molecule has 6 heteroatoms. The van der Waals surface area contributed by atoms with Gasteiger partial charge in [0.05, 0.1) is 0 Å². The molecule has 2 aromatic carbocycles. The van der Waals surface area contributed by atoms with Crippen LogP contribution in [0.15, 0.2) is 53.0 Å². The van der Waals surface area contributed by atoms with Gasteiger partial charge in [0.2, 0.25) is 5.91 Å². The summed E-state index contributed by atoms with van der Waals surface area (Å²) in [7, 11) is 0. The van der Waals surface area contributed by atoms with Gasteiger partial charge in [-0.25, -0.2) is 4.79 Å². The molecule has 1 aliphatic rings. The number of carboxylic acid groups (broad SMARTS) is 1. The van der Waals surface area contributed by atoms with E-state index in [9.17, 15) is 9.59 Å². The summed E-state index contributed by atoms with van der Waals surface area (Å²) < 4.78 is 1.02. The third-order valence-corrected chi connectivity index (χ3v) is 4.66. The van der Waals surface area contributed by atoms with E-state index < -0.39 is 12.1 Å². The molecule has 3 rings (SSSR count). The van der Waals surface area contributed by atoms with Gasteiger partial charge in [0.1, 0.15) is 6.04 Å². The van der Waals surface area contributed by atoms with Crippen molar-refractivity contribution in [3.63, 3.8) is 0 Å². The molecule has 0 spiro atoms. The van der Waals surface area contributed by atoms with Gasteiger partial charge >= 0.3 is 6.09 Å². The first-order chi connectivity index (χ1) is 11.5. The highest BCUT2D eigenvalue weighted by molar-refractivity contribution is 9.10. The summed E-state index contributed by atoms with van der Waals surface area (Å²) in [6.45, 7) is 0.413. The number of halogens is 1. The lowest BCUT2D eigenvalue weighted by molar-refractivity contribution is -0.119. The second-order valence-corrected chi connectivity index (χ2v) is 6.62. The van der Waals surface area contributed by atoms with Crippen molar-refractivity contribution in [2.75, 3.05) is 11.9 Å².